The lowest BCUT2D eigenvalue weighted by atomic mass is 10.1. The SMILES string of the molecule is C[C@@H](C(=O)NC1CCCC1)N(Cc1ccc(Cl)cc1)C(=O)CCCN1C(=O)c2ccccc2C1=O. The minimum atomic E-state index is -0.655. The van der Waals surface area contributed by atoms with Gasteiger partial charge in [0.2, 0.25) is 11.8 Å². The Morgan fingerprint density at radius 2 is 1.63 bits per heavy atom. The number of amides is 4. The summed E-state index contributed by atoms with van der Waals surface area (Å²) in [5, 5.41) is 3.68. The first-order valence-electron chi connectivity index (χ1n) is 12.1. The summed E-state index contributed by atoms with van der Waals surface area (Å²) < 4.78 is 0. The molecule has 1 fully saturated rings. The molecule has 0 aromatic heterocycles. The molecule has 1 aliphatic carbocycles. The van der Waals surface area contributed by atoms with Crippen LogP contribution in [0.2, 0.25) is 5.02 Å². The van der Waals surface area contributed by atoms with Crippen LogP contribution in [0.15, 0.2) is 48.5 Å². The molecular weight excluding hydrogens is 466 g/mol. The normalized spacial score (nSPS) is 16.3. The number of carbonyl (C=O) groups is 4. The number of hydrogen-bond donors (Lipinski definition) is 1. The lowest BCUT2D eigenvalue weighted by molar-refractivity contribution is -0.141. The van der Waals surface area contributed by atoms with Crippen LogP contribution in [0.1, 0.15) is 71.7 Å². The molecule has 4 amide bonds. The summed E-state index contributed by atoms with van der Waals surface area (Å²) in [6.45, 7) is 2.15. The van der Waals surface area contributed by atoms with Crippen molar-refractivity contribution < 1.29 is 19.2 Å². The summed E-state index contributed by atoms with van der Waals surface area (Å²) in [4.78, 5) is 54.2. The number of hydrogen-bond acceptors (Lipinski definition) is 4. The largest absolute Gasteiger partial charge is 0.352 e. The molecule has 1 saturated carbocycles. The molecule has 1 heterocycles. The van der Waals surface area contributed by atoms with Crippen LogP contribution in [-0.4, -0.2) is 52.1 Å². The van der Waals surface area contributed by atoms with Crippen molar-refractivity contribution in [2.75, 3.05) is 6.54 Å². The third-order valence-corrected chi connectivity index (χ3v) is 7.04. The summed E-state index contributed by atoms with van der Waals surface area (Å²) in [5.74, 6) is -1.04. The molecule has 4 rings (SSSR count). The molecule has 0 bridgehead atoms. The molecule has 8 heteroatoms. The molecule has 2 aromatic carbocycles. The zero-order chi connectivity index (χ0) is 24.9. The number of benzene rings is 2. The fraction of sp³-hybridized carbons (Fsp3) is 0.407. The van der Waals surface area contributed by atoms with E-state index >= 15 is 0 Å². The van der Waals surface area contributed by atoms with E-state index in [1.165, 1.54) is 4.90 Å². The fourth-order valence-electron chi connectivity index (χ4n) is 4.74. The van der Waals surface area contributed by atoms with E-state index in [1.807, 2.05) is 12.1 Å². The van der Waals surface area contributed by atoms with Crippen LogP contribution >= 0.6 is 11.6 Å². The van der Waals surface area contributed by atoms with Gasteiger partial charge in [-0.1, -0.05) is 48.7 Å². The van der Waals surface area contributed by atoms with E-state index in [2.05, 4.69) is 5.32 Å². The van der Waals surface area contributed by atoms with Gasteiger partial charge in [0.05, 0.1) is 11.1 Å². The lowest BCUT2D eigenvalue weighted by Crippen LogP contribution is -2.49. The summed E-state index contributed by atoms with van der Waals surface area (Å²) in [6.07, 6.45) is 4.56. The molecular formula is C27H30ClN3O4. The Kier molecular flexibility index (Phi) is 7.86. The van der Waals surface area contributed by atoms with Gasteiger partial charge in [0.15, 0.2) is 0 Å². The quantitative estimate of drug-likeness (QED) is 0.528. The van der Waals surface area contributed by atoms with Gasteiger partial charge in [-0.2, -0.15) is 0 Å². The van der Waals surface area contributed by atoms with Crippen LogP contribution in [-0.2, 0) is 16.1 Å². The number of carbonyl (C=O) groups excluding carboxylic acids is 4. The Morgan fingerprint density at radius 3 is 2.23 bits per heavy atom. The molecule has 0 saturated heterocycles. The van der Waals surface area contributed by atoms with E-state index in [9.17, 15) is 19.2 Å². The predicted molar refractivity (Wildman–Crippen MR) is 133 cm³/mol. The molecule has 1 N–H and O–H groups in total. The van der Waals surface area contributed by atoms with Gasteiger partial charge in [-0.25, -0.2) is 0 Å². The van der Waals surface area contributed by atoms with Crippen molar-refractivity contribution in [3.8, 4) is 0 Å². The van der Waals surface area contributed by atoms with Gasteiger partial charge >= 0.3 is 0 Å². The lowest BCUT2D eigenvalue weighted by Gasteiger charge is -2.30. The van der Waals surface area contributed by atoms with E-state index in [0.717, 1.165) is 31.2 Å². The predicted octanol–water partition coefficient (Wildman–Crippen LogP) is 4.19. The van der Waals surface area contributed by atoms with Gasteiger partial charge < -0.3 is 10.2 Å². The maximum atomic E-state index is 13.3. The topological polar surface area (TPSA) is 86.8 Å². The number of rotatable bonds is 9. The third kappa shape index (κ3) is 5.73. The van der Waals surface area contributed by atoms with Crippen molar-refractivity contribution in [2.24, 2.45) is 0 Å². The molecule has 0 unspecified atom stereocenters. The first-order chi connectivity index (χ1) is 16.8. The van der Waals surface area contributed by atoms with Gasteiger partial charge in [-0.05, 0) is 56.0 Å². The standard InChI is InChI=1S/C27H30ClN3O4/c1-18(25(33)29-21-7-2-3-8-21)31(17-19-12-14-20(28)15-13-19)24(32)11-6-16-30-26(34)22-9-4-5-10-23(22)27(30)35/h4-5,9-10,12-15,18,21H,2-3,6-8,11,16-17H2,1H3,(H,29,33)/t18-/m0/s1. The zero-order valence-corrected chi connectivity index (χ0v) is 20.6. The molecule has 184 valence electrons. The first kappa shape index (κ1) is 24.9. The third-order valence-electron chi connectivity index (χ3n) is 6.79. The second kappa shape index (κ2) is 11.0. The molecule has 0 spiro atoms. The number of imide groups is 1. The van der Waals surface area contributed by atoms with Crippen molar-refractivity contribution in [3.05, 3.63) is 70.2 Å². The molecule has 1 aliphatic heterocycles. The highest BCUT2D eigenvalue weighted by atomic mass is 35.5. The minimum Gasteiger partial charge on any atom is -0.352 e. The number of nitrogens with zero attached hydrogens (tertiary/aromatic N) is 2. The highest BCUT2D eigenvalue weighted by Crippen LogP contribution is 2.23. The van der Waals surface area contributed by atoms with Crippen LogP contribution < -0.4 is 5.32 Å². The van der Waals surface area contributed by atoms with Gasteiger partial charge in [-0.15, -0.1) is 0 Å². The molecule has 7 nitrogen and oxygen atoms in total. The van der Waals surface area contributed by atoms with Crippen LogP contribution in [0.4, 0.5) is 0 Å². The Hall–Kier alpha value is -3.19. The van der Waals surface area contributed by atoms with Gasteiger partial charge in [-0.3, -0.25) is 24.1 Å². The van der Waals surface area contributed by atoms with Crippen LogP contribution in [0.5, 0.6) is 0 Å². The van der Waals surface area contributed by atoms with E-state index in [-0.39, 0.29) is 49.2 Å². The average molecular weight is 496 g/mol. The van der Waals surface area contributed by atoms with Crippen LogP contribution in [0.3, 0.4) is 0 Å². The number of halogens is 1. The number of nitrogens with one attached hydrogen (secondary N) is 1. The van der Waals surface area contributed by atoms with Crippen molar-refractivity contribution in [3.63, 3.8) is 0 Å². The Morgan fingerprint density at radius 1 is 1.03 bits per heavy atom. The zero-order valence-electron chi connectivity index (χ0n) is 19.8. The van der Waals surface area contributed by atoms with Crippen molar-refractivity contribution in [1.29, 1.82) is 0 Å². The van der Waals surface area contributed by atoms with E-state index in [1.54, 1.807) is 48.2 Å². The summed E-state index contributed by atoms with van der Waals surface area (Å²) >= 11 is 6.00. The Bertz CT molecular complexity index is 1080. The average Bonchev–Trinajstić information content (AvgIpc) is 3.45. The van der Waals surface area contributed by atoms with Gasteiger partial charge in [0.25, 0.3) is 11.8 Å². The maximum absolute atomic E-state index is 13.3. The summed E-state index contributed by atoms with van der Waals surface area (Å²) in [7, 11) is 0. The van der Waals surface area contributed by atoms with Crippen molar-refractivity contribution >= 4 is 35.2 Å². The second-order valence-electron chi connectivity index (χ2n) is 9.23. The second-order valence-corrected chi connectivity index (χ2v) is 9.66. The molecule has 35 heavy (non-hydrogen) atoms. The minimum absolute atomic E-state index is 0.113. The highest BCUT2D eigenvalue weighted by Gasteiger charge is 2.35. The molecule has 0 radical (unpaired) electrons. The number of fused-ring (bicyclic) bond motifs is 1. The van der Waals surface area contributed by atoms with Crippen molar-refractivity contribution in [2.45, 2.75) is 64.1 Å². The molecule has 2 aliphatic rings. The van der Waals surface area contributed by atoms with E-state index in [4.69, 9.17) is 11.6 Å². The summed E-state index contributed by atoms with van der Waals surface area (Å²) in [6, 6.07) is 13.4. The van der Waals surface area contributed by atoms with Gasteiger partial charge in [0.1, 0.15) is 6.04 Å². The molecule has 2 aromatic rings. The fourth-order valence-corrected chi connectivity index (χ4v) is 4.86. The van der Waals surface area contributed by atoms with E-state index < -0.39 is 6.04 Å². The van der Waals surface area contributed by atoms with Crippen LogP contribution in [0, 0.1) is 0 Å². The van der Waals surface area contributed by atoms with Crippen LogP contribution in [0.25, 0.3) is 0 Å². The van der Waals surface area contributed by atoms with Crippen molar-refractivity contribution in [1.82, 2.24) is 15.1 Å². The molecule has 1 atom stereocenters. The highest BCUT2D eigenvalue weighted by molar-refractivity contribution is 6.30. The monoisotopic (exact) mass is 495 g/mol. The first-order valence-corrected chi connectivity index (χ1v) is 12.5. The smallest absolute Gasteiger partial charge is 0.261 e. The van der Waals surface area contributed by atoms with Gasteiger partial charge in [0, 0.05) is 30.6 Å². The van der Waals surface area contributed by atoms with E-state index in [0.29, 0.717) is 22.6 Å². The Labute approximate surface area is 210 Å². The Balaban J connectivity index is 1.40. The maximum Gasteiger partial charge on any atom is 0.261 e. The summed E-state index contributed by atoms with van der Waals surface area (Å²) in [5.41, 5.74) is 1.65.